The van der Waals surface area contributed by atoms with Crippen LogP contribution in [0.25, 0.3) is 0 Å². The highest BCUT2D eigenvalue weighted by Gasteiger charge is 2.33. The number of hydrogen-bond donors (Lipinski definition) is 1. The van der Waals surface area contributed by atoms with Crippen molar-refractivity contribution in [1.29, 1.82) is 0 Å². The van der Waals surface area contributed by atoms with Gasteiger partial charge < -0.3 is 19.3 Å². The lowest BCUT2D eigenvalue weighted by molar-refractivity contribution is -0.133. The molecule has 0 aromatic carbocycles. The number of aliphatic hydroxyl groups is 1. The van der Waals surface area contributed by atoms with Gasteiger partial charge in [-0.05, 0) is 25.4 Å². The number of β-amino-alcohol motifs (C(OH)–C–C–N with tert-alkyl or cyclic N) is 1. The Morgan fingerprint density at radius 2 is 2.53 bits per heavy atom. The van der Waals surface area contributed by atoms with Gasteiger partial charge in [0.05, 0.1) is 5.60 Å². The minimum atomic E-state index is -0.778. The van der Waals surface area contributed by atoms with Crippen molar-refractivity contribution in [3.63, 3.8) is 0 Å². The van der Waals surface area contributed by atoms with Crippen LogP contribution < -0.4 is 4.74 Å². The molecule has 1 amide bonds. The van der Waals surface area contributed by atoms with Gasteiger partial charge in [0.15, 0.2) is 6.61 Å². The summed E-state index contributed by atoms with van der Waals surface area (Å²) in [6.45, 7) is 4.31. The third kappa shape index (κ3) is 2.97. The highest BCUT2D eigenvalue weighted by Crippen LogP contribution is 2.20. The molecule has 1 saturated heterocycles. The Labute approximate surface area is 99.1 Å². The summed E-state index contributed by atoms with van der Waals surface area (Å²) in [5.74, 6) is 0.793. The van der Waals surface area contributed by atoms with Crippen LogP contribution in [0.15, 0.2) is 10.6 Å². The maximum atomic E-state index is 11.7. The second-order valence-electron chi connectivity index (χ2n) is 4.63. The zero-order chi connectivity index (χ0) is 12.5. The van der Waals surface area contributed by atoms with E-state index in [9.17, 15) is 9.90 Å². The third-order valence-corrected chi connectivity index (χ3v) is 2.75. The van der Waals surface area contributed by atoms with Crippen molar-refractivity contribution < 1.29 is 19.2 Å². The zero-order valence-electron chi connectivity index (χ0n) is 9.97. The molecule has 94 valence electrons. The van der Waals surface area contributed by atoms with Gasteiger partial charge in [0.25, 0.3) is 11.8 Å². The van der Waals surface area contributed by atoms with Gasteiger partial charge in [0, 0.05) is 19.2 Å². The highest BCUT2D eigenvalue weighted by atomic mass is 16.5. The number of aryl methyl sites for hydroxylation is 1. The summed E-state index contributed by atoms with van der Waals surface area (Å²) in [6.07, 6.45) is 0.599. The van der Waals surface area contributed by atoms with E-state index in [0.717, 1.165) is 0 Å². The van der Waals surface area contributed by atoms with Crippen LogP contribution in [0, 0.1) is 6.92 Å². The van der Waals surface area contributed by atoms with Crippen LogP contribution in [0.4, 0.5) is 0 Å². The van der Waals surface area contributed by atoms with Gasteiger partial charge in [-0.25, -0.2) is 0 Å². The van der Waals surface area contributed by atoms with E-state index in [1.54, 1.807) is 24.8 Å². The fourth-order valence-corrected chi connectivity index (χ4v) is 1.80. The Hall–Kier alpha value is -1.56. The first-order valence-electron chi connectivity index (χ1n) is 5.52. The van der Waals surface area contributed by atoms with E-state index >= 15 is 0 Å². The summed E-state index contributed by atoms with van der Waals surface area (Å²) < 4.78 is 10.0. The number of likely N-dealkylation sites (tertiary alicyclic amines) is 1. The number of amides is 1. The topological polar surface area (TPSA) is 75.8 Å². The van der Waals surface area contributed by atoms with Gasteiger partial charge in [-0.2, -0.15) is 0 Å². The molecule has 1 aliphatic rings. The molecular weight excluding hydrogens is 224 g/mol. The van der Waals surface area contributed by atoms with Crippen molar-refractivity contribution in [2.24, 2.45) is 0 Å². The van der Waals surface area contributed by atoms with Gasteiger partial charge >= 0.3 is 0 Å². The molecule has 1 aliphatic heterocycles. The standard InChI is InChI=1S/C11H16N2O4/c1-8-5-9(12-17-8)16-6-10(14)13-4-3-11(2,15)7-13/h5,15H,3-4,6-7H2,1-2H3. The van der Waals surface area contributed by atoms with E-state index in [4.69, 9.17) is 9.26 Å². The summed E-state index contributed by atoms with van der Waals surface area (Å²) in [4.78, 5) is 13.3. The van der Waals surface area contributed by atoms with E-state index in [1.807, 2.05) is 0 Å². The maximum Gasteiger partial charge on any atom is 0.260 e. The number of carbonyl (C=O) groups excluding carboxylic acids is 1. The molecule has 17 heavy (non-hydrogen) atoms. The summed E-state index contributed by atoms with van der Waals surface area (Å²) in [6, 6.07) is 1.62. The van der Waals surface area contributed by atoms with Crippen LogP contribution in [0.2, 0.25) is 0 Å². The molecule has 1 unspecified atom stereocenters. The molecule has 0 bridgehead atoms. The molecular formula is C11H16N2O4. The number of carbonyl (C=O) groups is 1. The molecule has 1 atom stereocenters. The van der Waals surface area contributed by atoms with Crippen molar-refractivity contribution in [3.05, 3.63) is 11.8 Å². The Bertz CT molecular complexity index is 413. The lowest BCUT2D eigenvalue weighted by Gasteiger charge is -2.18. The first-order chi connectivity index (χ1) is 7.96. The lowest BCUT2D eigenvalue weighted by Crippen LogP contribution is -2.36. The average molecular weight is 240 g/mol. The van der Waals surface area contributed by atoms with E-state index in [1.165, 1.54) is 0 Å². The van der Waals surface area contributed by atoms with Gasteiger partial charge in [-0.1, -0.05) is 0 Å². The van der Waals surface area contributed by atoms with Crippen LogP contribution in [-0.2, 0) is 4.79 Å². The summed E-state index contributed by atoms with van der Waals surface area (Å²) >= 11 is 0. The summed E-state index contributed by atoms with van der Waals surface area (Å²) in [5, 5.41) is 13.4. The smallest absolute Gasteiger partial charge is 0.260 e. The first kappa shape index (κ1) is 11.9. The molecule has 6 nitrogen and oxygen atoms in total. The molecule has 0 aliphatic carbocycles. The van der Waals surface area contributed by atoms with E-state index in [2.05, 4.69) is 5.16 Å². The van der Waals surface area contributed by atoms with E-state index in [0.29, 0.717) is 31.2 Å². The van der Waals surface area contributed by atoms with Gasteiger partial charge in [-0.3, -0.25) is 4.79 Å². The van der Waals surface area contributed by atoms with Gasteiger partial charge in [0.1, 0.15) is 5.76 Å². The Morgan fingerprint density at radius 1 is 1.76 bits per heavy atom. The molecule has 0 saturated carbocycles. The van der Waals surface area contributed by atoms with Crippen molar-refractivity contribution in [3.8, 4) is 5.88 Å². The minimum Gasteiger partial charge on any atom is -0.465 e. The summed E-state index contributed by atoms with van der Waals surface area (Å²) in [7, 11) is 0. The van der Waals surface area contributed by atoms with Crippen LogP contribution in [-0.4, -0.2) is 46.4 Å². The minimum absolute atomic E-state index is 0.0813. The maximum absolute atomic E-state index is 11.7. The van der Waals surface area contributed by atoms with Crippen molar-refractivity contribution in [2.45, 2.75) is 25.9 Å². The third-order valence-electron chi connectivity index (χ3n) is 2.75. The molecule has 0 spiro atoms. The second kappa shape index (κ2) is 4.37. The molecule has 1 fully saturated rings. The van der Waals surface area contributed by atoms with Crippen LogP contribution in [0.5, 0.6) is 5.88 Å². The number of rotatable bonds is 3. The molecule has 1 N–H and O–H groups in total. The summed E-state index contributed by atoms with van der Waals surface area (Å²) in [5.41, 5.74) is -0.778. The molecule has 1 aromatic heterocycles. The van der Waals surface area contributed by atoms with Crippen molar-refractivity contribution >= 4 is 5.91 Å². The fourth-order valence-electron chi connectivity index (χ4n) is 1.80. The number of hydrogen-bond acceptors (Lipinski definition) is 5. The molecule has 1 aromatic rings. The molecule has 2 heterocycles. The zero-order valence-corrected chi connectivity index (χ0v) is 9.97. The highest BCUT2D eigenvalue weighted by molar-refractivity contribution is 5.78. The fraction of sp³-hybridized carbons (Fsp3) is 0.636. The quantitative estimate of drug-likeness (QED) is 0.824. The average Bonchev–Trinajstić information content (AvgIpc) is 2.81. The van der Waals surface area contributed by atoms with Crippen LogP contribution >= 0.6 is 0 Å². The number of ether oxygens (including phenoxy) is 1. The number of nitrogens with zero attached hydrogens (tertiary/aromatic N) is 2. The SMILES string of the molecule is Cc1cc(OCC(=O)N2CCC(C)(O)C2)no1. The predicted octanol–water partition coefficient (Wildman–Crippen LogP) is 0.345. The van der Waals surface area contributed by atoms with Gasteiger partial charge in [0.2, 0.25) is 0 Å². The number of aromatic nitrogens is 1. The second-order valence-corrected chi connectivity index (χ2v) is 4.63. The van der Waals surface area contributed by atoms with Gasteiger partial charge in [-0.15, -0.1) is 0 Å². The van der Waals surface area contributed by atoms with Crippen molar-refractivity contribution in [1.82, 2.24) is 10.1 Å². The lowest BCUT2D eigenvalue weighted by atomic mass is 10.1. The largest absolute Gasteiger partial charge is 0.465 e. The molecule has 6 heteroatoms. The monoisotopic (exact) mass is 240 g/mol. The van der Waals surface area contributed by atoms with E-state index < -0.39 is 5.60 Å². The van der Waals surface area contributed by atoms with Crippen molar-refractivity contribution in [2.75, 3.05) is 19.7 Å². The molecule has 2 rings (SSSR count). The van der Waals surface area contributed by atoms with Crippen LogP contribution in [0.1, 0.15) is 19.1 Å². The Balaban J connectivity index is 1.82. The normalized spacial score (nSPS) is 24.1. The molecule has 0 radical (unpaired) electrons. The Kier molecular flexibility index (Phi) is 3.06. The predicted molar refractivity (Wildman–Crippen MR) is 58.6 cm³/mol. The Morgan fingerprint density at radius 3 is 3.06 bits per heavy atom. The first-order valence-corrected chi connectivity index (χ1v) is 5.52. The van der Waals surface area contributed by atoms with Crippen LogP contribution in [0.3, 0.4) is 0 Å². The van der Waals surface area contributed by atoms with E-state index in [-0.39, 0.29) is 12.5 Å².